The van der Waals surface area contributed by atoms with Gasteiger partial charge in [0, 0.05) is 18.2 Å². The van der Waals surface area contributed by atoms with E-state index in [1.807, 2.05) is 0 Å². The maximum Gasteiger partial charge on any atom is 0.213 e. The van der Waals surface area contributed by atoms with Crippen LogP contribution >= 0.6 is 39.5 Å². The highest BCUT2D eigenvalue weighted by Crippen LogP contribution is 2.34. The van der Waals surface area contributed by atoms with Crippen molar-refractivity contribution in [2.24, 2.45) is 10.7 Å². The van der Waals surface area contributed by atoms with E-state index in [-0.39, 0.29) is 48.0 Å². The molecule has 0 aliphatic carbocycles. The predicted octanol–water partition coefficient (Wildman–Crippen LogP) is 7.19. The lowest BCUT2D eigenvalue weighted by Crippen LogP contribution is -2.09. The highest BCUT2D eigenvalue weighted by Gasteiger charge is 2.27. The van der Waals surface area contributed by atoms with Gasteiger partial charge in [-0.1, -0.05) is 27.3 Å². The molecule has 0 radical (unpaired) electrons. The van der Waals surface area contributed by atoms with Crippen LogP contribution in [0.4, 0.5) is 39.9 Å². The summed E-state index contributed by atoms with van der Waals surface area (Å²) in [4.78, 5) is 32.0. The first-order valence-corrected chi connectivity index (χ1v) is 21.8. The summed E-state index contributed by atoms with van der Waals surface area (Å²) < 4.78 is 109. The number of nitriles is 1. The van der Waals surface area contributed by atoms with Gasteiger partial charge in [0.15, 0.2) is 60.1 Å². The summed E-state index contributed by atoms with van der Waals surface area (Å²) in [7, 11) is -3.94. The lowest BCUT2D eigenvalue weighted by molar-refractivity contribution is 0.101. The van der Waals surface area contributed by atoms with Crippen LogP contribution < -0.4 is 26.3 Å². The second-order valence-electron chi connectivity index (χ2n) is 11.0. The number of isothiocyanates is 1. The number of carbonyl (C=O) groups excluding carboxylic acids is 2. The molecule has 0 saturated carbocycles. The number of anilines is 3. The number of halogens is 5. The number of ether oxygens (including phenoxy) is 2. The SMILES string of the molecule is COc1ccc(F)c(F)c1C(=O)CBr.COc1ccc(F)c(F)c1C(=O)c1sc(Nc2ccc(S(C)(=O)=O)cc2)nc1N.CS(=O)(=O)c1ccc(N=C=S)cc1.N#CN. The number of benzene rings is 4. The number of carbonyl (C=O) groups is 2. The smallest absolute Gasteiger partial charge is 0.213 e. The van der Waals surface area contributed by atoms with Gasteiger partial charge < -0.3 is 26.3 Å². The van der Waals surface area contributed by atoms with Crippen molar-refractivity contribution >= 4 is 98.2 Å². The number of nitrogens with one attached hydrogen (secondary N) is 1. The van der Waals surface area contributed by atoms with Crippen molar-refractivity contribution in [3.63, 3.8) is 0 Å². The molecule has 0 spiro atoms. The summed E-state index contributed by atoms with van der Waals surface area (Å²) in [6, 6.07) is 16.1. The third-order valence-corrected chi connectivity index (χ3v) is 10.9. The zero-order valence-corrected chi connectivity index (χ0v) is 35.8. The molecule has 1 aromatic heterocycles. The summed E-state index contributed by atoms with van der Waals surface area (Å²) in [5.74, 6) is -6.45. The van der Waals surface area contributed by atoms with Gasteiger partial charge in [-0.2, -0.15) is 10.3 Å². The average Bonchev–Trinajstić information content (AvgIpc) is 3.56. The highest BCUT2D eigenvalue weighted by atomic mass is 79.9. The Morgan fingerprint density at radius 3 is 1.71 bits per heavy atom. The number of hydrogen-bond acceptors (Lipinski definition) is 16. The number of sulfone groups is 2. The van der Waals surface area contributed by atoms with Crippen molar-refractivity contribution in [2.75, 3.05) is 43.1 Å². The Hall–Kier alpha value is -5.76. The van der Waals surface area contributed by atoms with Crippen LogP contribution in [0.5, 0.6) is 11.5 Å². The Bertz CT molecular complexity index is 2620. The molecule has 312 valence electrons. The molecule has 0 aliphatic heterocycles. The minimum atomic E-state index is -3.33. The summed E-state index contributed by atoms with van der Waals surface area (Å²) in [6.45, 7) is 0. The molecule has 0 saturated heterocycles. The molecule has 5 N–H and O–H groups in total. The van der Waals surface area contributed by atoms with Gasteiger partial charge in [-0.05, 0) is 85.0 Å². The largest absolute Gasteiger partial charge is 0.496 e. The number of rotatable bonds is 11. The van der Waals surface area contributed by atoms with Crippen molar-refractivity contribution in [1.82, 2.24) is 4.98 Å². The van der Waals surface area contributed by atoms with Gasteiger partial charge in [0.25, 0.3) is 0 Å². The van der Waals surface area contributed by atoms with Crippen LogP contribution in [0.2, 0.25) is 0 Å². The topological polar surface area (TPSA) is 234 Å². The van der Waals surface area contributed by atoms with E-state index >= 15 is 0 Å². The zero-order valence-electron chi connectivity index (χ0n) is 30.9. The van der Waals surface area contributed by atoms with Crippen LogP contribution in [0.25, 0.3) is 0 Å². The van der Waals surface area contributed by atoms with Gasteiger partial charge in [-0.25, -0.2) is 39.4 Å². The van der Waals surface area contributed by atoms with E-state index < -0.39 is 60.1 Å². The molecule has 0 fully saturated rings. The fourth-order valence-corrected chi connectivity index (χ4v) is 6.83. The Balaban J connectivity index is 0.000000333. The van der Waals surface area contributed by atoms with Crippen molar-refractivity contribution in [1.29, 1.82) is 5.26 Å². The summed E-state index contributed by atoms with van der Waals surface area (Å²) in [5.41, 5.74) is 10.1. The molecule has 0 atom stereocenters. The van der Waals surface area contributed by atoms with Gasteiger partial charge >= 0.3 is 0 Å². The molecule has 23 heteroatoms. The van der Waals surface area contributed by atoms with Crippen LogP contribution in [-0.2, 0) is 19.7 Å². The molecule has 1 heterocycles. The number of nitrogens with zero attached hydrogens (tertiary/aromatic N) is 3. The van der Waals surface area contributed by atoms with E-state index in [1.54, 1.807) is 12.1 Å². The van der Waals surface area contributed by atoms with Crippen LogP contribution in [0.3, 0.4) is 0 Å². The lowest BCUT2D eigenvalue weighted by Gasteiger charge is -2.08. The fourth-order valence-electron chi connectivity index (χ4n) is 4.34. The number of hydrogen-bond donors (Lipinski definition) is 3. The van der Waals surface area contributed by atoms with Crippen LogP contribution in [0.15, 0.2) is 87.6 Å². The van der Waals surface area contributed by atoms with Crippen molar-refractivity contribution in [3.8, 4) is 17.7 Å². The van der Waals surface area contributed by atoms with E-state index in [0.717, 1.165) is 42.0 Å². The minimum Gasteiger partial charge on any atom is -0.496 e. The molecule has 14 nitrogen and oxygen atoms in total. The third-order valence-electron chi connectivity index (χ3n) is 7.01. The summed E-state index contributed by atoms with van der Waals surface area (Å²) in [6.07, 6.45) is 3.50. The molecule has 0 amide bonds. The monoisotopic (exact) mass is 958 g/mol. The van der Waals surface area contributed by atoms with E-state index in [1.165, 1.54) is 62.9 Å². The molecule has 0 aliphatic rings. The average molecular weight is 960 g/mol. The van der Waals surface area contributed by atoms with Gasteiger partial charge in [0.1, 0.15) is 27.8 Å². The zero-order chi connectivity index (χ0) is 44.7. The van der Waals surface area contributed by atoms with E-state index in [9.17, 15) is 44.0 Å². The Kier molecular flexibility index (Phi) is 18.8. The molecule has 59 heavy (non-hydrogen) atoms. The minimum absolute atomic E-state index is 0.0355. The highest BCUT2D eigenvalue weighted by molar-refractivity contribution is 9.09. The van der Waals surface area contributed by atoms with Crippen LogP contribution in [0, 0.1) is 34.7 Å². The first-order valence-electron chi connectivity index (χ1n) is 15.7. The number of nitrogen functional groups attached to an aromatic ring is 1. The number of aliphatic imine (C=N–C) groups is 1. The number of nitrogens with two attached hydrogens (primary N) is 2. The molecule has 5 aromatic rings. The van der Waals surface area contributed by atoms with Crippen molar-refractivity contribution in [3.05, 3.63) is 112 Å². The fraction of sp³-hybridized carbons (Fsp3) is 0.139. The third kappa shape index (κ3) is 13.9. The molecule has 0 bridgehead atoms. The second kappa shape index (κ2) is 22.4. The molecule has 4 aromatic carbocycles. The number of aromatic nitrogens is 1. The Morgan fingerprint density at radius 1 is 0.847 bits per heavy atom. The number of thiocarbonyl (C=S) groups is 1. The summed E-state index contributed by atoms with van der Waals surface area (Å²) >= 11 is 8.13. The predicted molar refractivity (Wildman–Crippen MR) is 221 cm³/mol. The molecular formula is C36H31BrF4N6O8S4. The summed E-state index contributed by atoms with van der Waals surface area (Å²) in [5, 5.41) is 12.3. The van der Waals surface area contributed by atoms with Gasteiger partial charge in [-0.3, -0.25) is 9.59 Å². The van der Waals surface area contributed by atoms with Crippen molar-refractivity contribution in [2.45, 2.75) is 9.79 Å². The number of ketones is 2. The number of Topliss-reactive ketones (excluding diaryl/α,β-unsaturated/α-hetero) is 1. The van der Waals surface area contributed by atoms with E-state index in [0.29, 0.717) is 11.4 Å². The second-order valence-corrected chi connectivity index (χ2v) is 16.8. The van der Waals surface area contributed by atoms with Gasteiger partial charge in [0.05, 0.1) is 45.8 Å². The molecular weight excluding hydrogens is 929 g/mol. The maximum atomic E-state index is 14.2. The lowest BCUT2D eigenvalue weighted by atomic mass is 10.1. The van der Waals surface area contributed by atoms with E-state index in [4.69, 9.17) is 20.5 Å². The van der Waals surface area contributed by atoms with Gasteiger partial charge in [-0.15, -0.1) is 0 Å². The standard InChI is InChI=1S/C18H15F2N3O4S2.C9H7BrF2O2.C8H7NO2S2.CH2N2/c1-27-12-8-7-11(19)14(20)13(12)15(24)16-17(21)23-18(28-16)22-9-3-5-10(6-4-9)29(2,25)26;1-14-7-3-2-5(11)9(12)8(7)6(13)4-10;1-13(10,11)8-4-2-7(3-5-8)9-6-12;2-1-3/h3-8H,21H2,1-2H3,(H,22,23);2-3H,4H2,1H3;2-5H,1H3;2H2. The Morgan fingerprint density at radius 2 is 1.29 bits per heavy atom. The van der Waals surface area contributed by atoms with Crippen molar-refractivity contribution < 1.29 is 53.5 Å². The van der Waals surface area contributed by atoms with Crippen LogP contribution in [-0.4, -0.2) is 70.6 Å². The maximum absolute atomic E-state index is 14.2. The first-order chi connectivity index (χ1) is 27.7. The first kappa shape index (κ1) is 49.4. The molecule has 0 unspecified atom stereocenters. The Labute approximate surface area is 353 Å². The quantitative estimate of drug-likeness (QED) is 0.0226. The molecule has 5 rings (SSSR count). The normalized spacial score (nSPS) is 10.4. The van der Waals surface area contributed by atoms with E-state index in [2.05, 4.69) is 54.3 Å². The number of methoxy groups -OCH3 is 2. The van der Waals surface area contributed by atoms with Gasteiger partial charge in [0.2, 0.25) is 5.78 Å². The number of thiazole rings is 1. The number of alkyl halides is 1. The van der Waals surface area contributed by atoms with Crippen LogP contribution in [0.1, 0.15) is 25.6 Å².